The number of amidine groups is 1. The Bertz CT molecular complexity index is 530. The largest absolute Gasteiger partial charge is 0.362 e. The molecule has 1 saturated heterocycles. The zero-order valence-corrected chi connectivity index (χ0v) is 12.3. The van der Waals surface area contributed by atoms with Gasteiger partial charge in [-0.1, -0.05) is 36.7 Å². The highest BCUT2D eigenvalue weighted by molar-refractivity contribution is 8.13. The lowest BCUT2D eigenvalue weighted by Gasteiger charge is -2.36. The molecule has 0 radical (unpaired) electrons. The number of nitriles is 1. The van der Waals surface area contributed by atoms with Gasteiger partial charge in [-0.05, 0) is 36.5 Å². The van der Waals surface area contributed by atoms with Crippen LogP contribution in [0, 0.1) is 17.2 Å². The summed E-state index contributed by atoms with van der Waals surface area (Å²) in [5.41, 5.74) is 1.86. The van der Waals surface area contributed by atoms with Crippen LogP contribution in [0.15, 0.2) is 29.3 Å². The first-order valence-corrected chi connectivity index (χ1v) is 8.26. The first-order chi connectivity index (χ1) is 9.85. The Morgan fingerprint density at radius 1 is 1.25 bits per heavy atom. The molecule has 1 aromatic rings. The lowest BCUT2D eigenvalue weighted by atomic mass is 9.86. The molecule has 2 unspecified atom stereocenters. The smallest absolute Gasteiger partial charge is 0.157 e. The summed E-state index contributed by atoms with van der Waals surface area (Å²) in [6, 6.07) is 10.5. The standard InChI is InChI=1S/C16H19N3S/c17-9-12-5-7-13(8-6-12)10-18-16-19-15-4-2-1-3-14(15)11-20-16/h5-8,14-15H,1-4,10-11H2,(H,18,19). The van der Waals surface area contributed by atoms with E-state index in [1.807, 2.05) is 36.0 Å². The second-order valence-corrected chi connectivity index (χ2v) is 6.55. The van der Waals surface area contributed by atoms with Gasteiger partial charge in [-0.15, -0.1) is 0 Å². The molecule has 2 fully saturated rings. The van der Waals surface area contributed by atoms with Gasteiger partial charge in [-0.3, -0.25) is 4.99 Å². The molecule has 0 aromatic heterocycles. The van der Waals surface area contributed by atoms with Gasteiger partial charge in [0.15, 0.2) is 5.17 Å². The van der Waals surface area contributed by atoms with Crippen LogP contribution in [-0.2, 0) is 6.54 Å². The number of hydrogen-bond donors (Lipinski definition) is 1. The molecule has 104 valence electrons. The topological polar surface area (TPSA) is 48.2 Å². The lowest BCUT2D eigenvalue weighted by molar-refractivity contribution is 0.311. The number of thioether (sulfide) groups is 1. The van der Waals surface area contributed by atoms with E-state index < -0.39 is 0 Å². The molecule has 0 bridgehead atoms. The van der Waals surface area contributed by atoms with Crippen molar-refractivity contribution in [3.8, 4) is 6.07 Å². The highest BCUT2D eigenvalue weighted by atomic mass is 32.2. The Morgan fingerprint density at radius 3 is 2.85 bits per heavy atom. The van der Waals surface area contributed by atoms with Crippen molar-refractivity contribution in [2.45, 2.75) is 38.3 Å². The molecular weight excluding hydrogens is 266 g/mol. The summed E-state index contributed by atoms with van der Waals surface area (Å²) in [6.45, 7) is 0.693. The minimum absolute atomic E-state index is 0.643. The summed E-state index contributed by atoms with van der Waals surface area (Å²) in [5.74, 6) is 2.05. The summed E-state index contributed by atoms with van der Waals surface area (Å²) in [4.78, 5) is 4.69. The molecule has 3 nitrogen and oxygen atoms in total. The van der Waals surface area contributed by atoms with Gasteiger partial charge in [0.1, 0.15) is 0 Å². The van der Waals surface area contributed by atoms with E-state index in [0.717, 1.165) is 16.6 Å². The third-order valence-corrected chi connectivity index (χ3v) is 5.26. The minimum atomic E-state index is 0.643. The van der Waals surface area contributed by atoms with E-state index in [4.69, 9.17) is 5.26 Å². The second-order valence-electron chi connectivity index (χ2n) is 5.54. The van der Waals surface area contributed by atoms with Gasteiger partial charge in [0.25, 0.3) is 0 Å². The molecule has 1 aliphatic heterocycles. The molecule has 20 heavy (non-hydrogen) atoms. The number of rotatable bonds is 2. The third kappa shape index (κ3) is 3.16. The van der Waals surface area contributed by atoms with Gasteiger partial charge in [-0.2, -0.15) is 5.26 Å². The highest BCUT2D eigenvalue weighted by Gasteiger charge is 2.29. The SMILES string of the molecule is N#Cc1ccc(CN=C2NC3CCCCC3CS2)cc1. The maximum Gasteiger partial charge on any atom is 0.157 e. The van der Waals surface area contributed by atoms with Crippen LogP contribution in [0.3, 0.4) is 0 Å². The summed E-state index contributed by atoms with van der Waals surface area (Å²) in [7, 11) is 0. The average Bonchev–Trinajstić information content (AvgIpc) is 2.53. The number of benzene rings is 1. The Kier molecular flexibility index (Phi) is 4.27. The fraction of sp³-hybridized carbons (Fsp3) is 0.500. The molecule has 2 atom stereocenters. The maximum atomic E-state index is 8.78. The zero-order chi connectivity index (χ0) is 13.8. The molecule has 3 rings (SSSR count). The molecule has 1 N–H and O–H groups in total. The number of nitrogens with zero attached hydrogens (tertiary/aromatic N) is 2. The van der Waals surface area contributed by atoms with E-state index in [1.54, 1.807) is 0 Å². The molecule has 4 heteroatoms. The predicted molar refractivity (Wildman–Crippen MR) is 83.6 cm³/mol. The third-order valence-electron chi connectivity index (χ3n) is 4.14. The molecule has 0 spiro atoms. The molecule has 2 aliphatic rings. The first kappa shape index (κ1) is 13.5. The van der Waals surface area contributed by atoms with Crippen LogP contribution >= 0.6 is 11.8 Å². The van der Waals surface area contributed by atoms with Crippen LogP contribution in [0.1, 0.15) is 36.8 Å². The van der Waals surface area contributed by atoms with Gasteiger partial charge in [-0.25, -0.2) is 0 Å². The zero-order valence-electron chi connectivity index (χ0n) is 11.5. The fourth-order valence-corrected chi connectivity index (χ4v) is 4.08. The predicted octanol–water partition coefficient (Wildman–Crippen LogP) is 3.31. The molecular formula is C16H19N3S. The monoisotopic (exact) mass is 285 g/mol. The van der Waals surface area contributed by atoms with E-state index in [0.29, 0.717) is 18.2 Å². The van der Waals surface area contributed by atoms with Crippen LogP contribution in [0.4, 0.5) is 0 Å². The summed E-state index contributed by atoms with van der Waals surface area (Å²) in [5, 5.41) is 13.5. The maximum absolute atomic E-state index is 8.78. The van der Waals surface area contributed by atoms with Gasteiger partial charge < -0.3 is 5.32 Å². The van der Waals surface area contributed by atoms with E-state index in [1.165, 1.54) is 31.4 Å². The number of hydrogen-bond acceptors (Lipinski definition) is 3. The van der Waals surface area contributed by atoms with Crippen molar-refractivity contribution in [1.29, 1.82) is 5.26 Å². The number of nitrogens with one attached hydrogen (secondary N) is 1. The minimum Gasteiger partial charge on any atom is -0.362 e. The average molecular weight is 285 g/mol. The normalized spacial score (nSPS) is 27.4. The highest BCUT2D eigenvalue weighted by Crippen LogP contribution is 2.31. The van der Waals surface area contributed by atoms with Crippen molar-refractivity contribution in [2.24, 2.45) is 10.9 Å². The van der Waals surface area contributed by atoms with E-state index in [9.17, 15) is 0 Å². The van der Waals surface area contributed by atoms with Gasteiger partial charge in [0.05, 0.1) is 18.2 Å². The lowest BCUT2D eigenvalue weighted by Crippen LogP contribution is -2.46. The van der Waals surface area contributed by atoms with Crippen molar-refractivity contribution in [3.63, 3.8) is 0 Å². The first-order valence-electron chi connectivity index (χ1n) is 7.28. The van der Waals surface area contributed by atoms with Gasteiger partial charge >= 0.3 is 0 Å². The van der Waals surface area contributed by atoms with Crippen molar-refractivity contribution in [3.05, 3.63) is 35.4 Å². The molecule has 1 aliphatic carbocycles. The Labute approximate surface area is 124 Å². The summed E-state index contributed by atoms with van der Waals surface area (Å²) < 4.78 is 0. The number of fused-ring (bicyclic) bond motifs is 1. The quantitative estimate of drug-likeness (QED) is 0.907. The molecule has 1 saturated carbocycles. The molecule has 0 amide bonds. The summed E-state index contributed by atoms with van der Waals surface area (Å²) >= 11 is 1.86. The Hall–Kier alpha value is -1.47. The van der Waals surface area contributed by atoms with Crippen LogP contribution in [0.2, 0.25) is 0 Å². The Morgan fingerprint density at radius 2 is 2.05 bits per heavy atom. The summed E-state index contributed by atoms with van der Waals surface area (Å²) in [6.07, 6.45) is 5.40. The number of aliphatic imine (C=N–C) groups is 1. The van der Waals surface area contributed by atoms with Crippen molar-refractivity contribution < 1.29 is 0 Å². The van der Waals surface area contributed by atoms with Crippen molar-refractivity contribution in [1.82, 2.24) is 5.32 Å². The van der Waals surface area contributed by atoms with Crippen LogP contribution < -0.4 is 5.32 Å². The van der Waals surface area contributed by atoms with Crippen molar-refractivity contribution in [2.75, 3.05) is 5.75 Å². The van der Waals surface area contributed by atoms with Crippen LogP contribution in [-0.4, -0.2) is 17.0 Å². The van der Waals surface area contributed by atoms with Gasteiger partial charge in [0, 0.05) is 11.8 Å². The Balaban J connectivity index is 1.60. The van der Waals surface area contributed by atoms with E-state index in [2.05, 4.69) is 16.4 Å². The molecule has 1 aromatic carbocycles. The van der Waals surface area contributed by atoms with Gasteiger partial charge in [0.2, 0.25) is 0 Å². The second kappa shape index (κ2) is 6.32. The molecule has 1 heterocycles. The van der Waals surface area contributed by atoms with Crippen LogP contribution in [0.5, 0.6) is 0 Å². The van der Waals surface area contributed by atoms with E-state index >= 15 is 0 Å². The van der Waals surface area contributed by atoms with Crippen molar-refractivity contribution >= 4 is 16.9 Å². The fourth-order valence-electron chi connectivity index (χ4n) is 2.92. The van der Waals surface area contributed by atoms with E-state index in [-0.39, 0.29) is 0 Å². The van der Waals surface area contributed by atoms with Crippen LogP contribution in [0.25, 0.3) is 0 Å².